The van der Waals surface area contributed by atoms with E-state index in [0.717, 1.165) is 4.90 Å². The SMILES string of the molecule is CO[Si](CCCNC(=O)CN(CCN(CC(=O)O)CC(=O)O)CC(=O)O)(OC)OC. The molecule has 13 nitrogen and oxygen atoms in total. The van der Waals surface area contributed by atoms with Gasteiger partial charge in [-0.05, 0) is 6.42 Å². The maximum atomic E-state index is 12.1. The minimum absolute atomic E-state index is 0.00727. The van der Waals surface area contributed by atoms with Crippen LogP contribution >= 0.6 is 0 Å². The highest BCUT2D eigenvalue weighted by molar-refractivity contribution is 6.60. The Balaban J connectivity index is 4.62. The van der Waals surface area contributed by atoms with E-state index in [1.165, 1.54) is 26.2 Å². The molecule has 0 radical (unpaired) electrons. The molecule has 0 aromatic carbocycles. The number of nitrogens with zero attached hydrogens (tertiary/aromatic N) is 2. The largest absolute Gasteiger partial charge is 0.500 e. The second-order valence-corrected chi connectivity index (χ2v) is 9.44. The van der Waals surface area contributed by atoms with Gasteiger partial charge >= 0.3 is 26.7 Å². The number of amides is 1. The van der Waals surface area contributed by atoms with E-state index in [1.807, 2.05) is 0 Å². The van der Waals surface area contributed by atoms with Gasteiger partial charge in [0.1, 0.15) is 0 Å². The molecule has 0 fully saturated rings. The Morgan fingerprint density at radius 3 is 1.53 bits per heavy atom. The van der Waals surface area contributed by atoms with E-state index in [0.29, 0.717) is 19.0 Å². The van der Waals surface area contributed by atoms with Gasteiger partial charge in [0, 0.05) is 47.0 Å². The summed E-state index contributed by atoms with van der Waals surface area (Å²) in [6.07, 6.45) is 0.525. The lowest BCUT2D eigenvalue weighted by Gasteiger charge is -2.25. The molecule has 0 unspecified atom stereocenters. The van der Waals surface area contributed by atoms with Crippen LogP contribution < -0.4 is 5.32 Å². The molecule has 0 bridgehead atoms. The van der Waals surface area contributed by atoms with E-state index in [1.54, 1.807) is 0 Å². The van der Waals surface area contributed by atoms with Crippen molar-refractivity contribution in [1.82, 2.24) is 15.1 Å². The molecule has 0 atom stereocenters. The van der Waals surface area contributed by atoms with Crippen molar-refractivity contribution in [2.45, 2.75) is 12.5 Å². The first-order valence-electron chi connectivity index (χ1n) is 9.09. The van der Waals surface area contributed by atoms with Crippen LogP contribution in [0.3, 0.4) is 0 Å². The molecule has 0 heterocycles. The predicted molar refractivity (Wildman–Crippen MR) is 105 cm³/mol. The summed E-state index contributed by atoms with van der Waals surface area (Å²) in [5, 5.41) is 29.4. The summed E-state index contributed by atoms with van der Waals surface area (Å²) in [5.74, 6) is -4.00. The van der Waals surface area contributed by atoms with E-state index < -0.39 is 52.3 Å². The van der Waals surface area contributed by atoms with E-state index in [2.05, 4.69) is 5.32 Å². The summed E-state index contributed by atoms with van der Waals surface area (Å²) in [6, 6.07) is 0.481. The van der Waals surface area contributed by atoms with Crippen LogP contribution in [0.25, 0.3) is 0 Å². The molecule has 0 saturated heterocycles. The molecule has 0 aliphatic heterocycles. The zero-order valence-corrected chi connectivity index (χ0v) is 18.5. The molecular formula is C16H31N3O10Si. The molecule has 0 aromatic heterocycles. The van der Waals surface area contributed by atoms with Crippen LogP contribution in [0.4, 0.5) is 0 Å². The number of carbonyl (C=O) groups excluding carboxylic acids is 1. The molecule has 0 rings (SSSR count). The van der Waals surface area contributed by atoms with E-state index >= 15 is 0 Å². The first-order valence-corrected chi connectivity index (χ1v) is 11.0. The Kier molecular flexibility index (Phi) is 13.8. The van der Waals surface area contributed by atoms with Gasteiger partial charge in [-0.2, -0.15) is 0 Å². The number of hydrogen-bond donors (Lipinski definition) is 4. The van der Waals surface area contributed by atoms with Gasteiger partial charge in [-0.3, -0.25) is 29.0 Å². The van der Waals surface area contributed by atoms with E-state index in [-0.39, 0.29) is 19.6 Å². The second kappa shape index (κ2) is 14.8. The predicted octanol–water partition coefficient (Wildman–Crippen LogP) is -1.77. The summed E-state index contributed by atoms with van der Waals surface area (Å²) in [7, 11) is 1.72. The van der Waals surface area contributed by atoms with Gasteiger partial charge < -0.3 is 33.9 Å². The fourth-order valence-corrected chi connectivity index (χ4v) is 4.35. The number of hydrogen-bond acceptors (Lipinski definition) is 9. The van der Waals surface area contributed by atoms with Gasteiger partial charge in [0.05, 0.1) is 26.2 Å². The molecule has 0 saturated carbocycles. The Labute approximate surface area is 175 Å². The van der Waals surface area contributed by atoms with Crippen molar-refractivity contribution < 1.29 is 47.8 Å². The van der Waals surface area contributed by atoms with Crippen molar-refractivity contribution in [3.05, 3.63) is 0 Å². The number of nitrogens with one attached hydrogen (secondary N) is 1. The van der Waals surface area contributed by atoms with Gasteiger partial charge in [-0.1, -0.05) is 0 Å². The number of rotatable bonds is 18. The van der Waals surface area contributed by atoms with Crippen molar-refractivity contribution >= 4 is 32.6 Å². The summed E-state index contributed by atoms with van der Waals surface area (Å²) < 4.78 is 15.8. The highest BCUT2D eigenvalue weighted by atomic mass is 28.4. The summed E-state index contributed by atoms with van der Waals surface area (Å²) >= 11 is 0. The normalized spacial score (nSPS) is 11.6. The van der Waals surface area contributed by atoms with Crippen molar-refractivity contribution in [2.24, 2.45) is 0 Å². The van der Waals surface area contributed by atoms with Crippen molar-refractivity contribution in [2.75, 3.05) is 67.1 Å². The lowest BCUT2D eigenvalue weighted by Crippen LogP contribution is -2.46. The fraction of sp³-hybridized carbons (Fsp3) is 0.750. The van der Waals surface area contributed by atoms with Crippen molar-refractivity contribution in [3.63, 3.8) is 0 Å². The molecule has 0 spiro atoms. The zero-order valence-electron chi connectivity index (χ0n) is 17.5. The number of carboxylic acids is 3. The zero-order chi connectivity index (χ0) is 23.2. The third-order valence-electron chi connectivity index (χ3n) is 4.09. The highest BCUT2D eigenvalue weighted by Crippen LogP contribution is 2.14. The lowest BCUT2D eigenvalue weighted by molar-refractivity contribution is -0.143. The van der Waals surface area contributed by atoms with Crippen LogP contribution in [0.15, 0.2) is 0 Å². The first kappa shape index (κ1) is 27.9. The molecule has 174 valence electrons. The molecule has 1 amide bonds. The van der Waals surface area contributed by atoms with Gasteiger partial charge in [0.2, 0.25) is 5.91 Å². The Morgan fingerprint density at radius 1 is 0.767 bits per heavy atom. The standard InChI is InChI=1S/C16H31N3O10Si/c1-27-30(28-2,29-3)8-4-5-17-13(20)9-18(10-14(21)22)6-7-19(11-15(23)24)12-16(25)26/h4-12H2,1-3H3,(H,17,20)(H,21,22)(H,23,24)(H,25,26). The average Bonchev–Trinajstić information content (AvgIpc) is 2.65. The second-order valence-electron chi connectivity index (χ2n) is 6.35. The van der Waals surface area contributed by atoms with Crippen molar-refractivity contribution in [3.8, 4) is 0 Å². The van der Waals surface area contributed by atoms with Crippen LogP contribution in [0, 0.1) is 0 Å². The quantitative estimate of drug-likeness (QED) is 0.136. The minimum Gasteiger partial charge on any atom is -0.480 e. The fourth-order valence-electron chi connectivity index (χ4n) is 2.63. The van der Waals surface area contributed by atoms with Gasteiger partial charge in [0.25, 0.3) is 0 Å². The molecular weight excluding hydrogens is 422 g/mol. The van der Waals surface area contributed by atoms with Crippen LogP contribution in [0.5, 0.6) is 0 Å². The third-order valence-corrected chi connectivity index (χ3v) is 6.92. The lowest BCUT2D eigenvalue weighted by atomic mass is 10.3. The molecule has 0 aliphatic rings. The topological polar surface area (TPSA) is 175 Å². The molecule has 30 heavy (non-hydrogen) atoms. The molecule has 4 N–H and O–H groups in total. The van der Waals surface area contributed by atoms with Gasteiger partial charge in [-0.25, -0.2) is 0 Å². The molecule has 0 aliphatic carbocycles. The Hall–Kier alpha value is -2.10. The summed E-state index contributed by atoms with van der Waals surface area (Å²) in [6.45, 7) is -1.42. The summed E-state index contributed by atoms with van der Waals surface area (Å²) in [5.41, 5.74) is 0. The maximum Gasteiger partial charge on any atom is 0.500 e. The Bertz CT molecular complexity index is 549. The average molecular weight is 454 g/mol. The third kappa shape index (κ3) is 12.5. The first-order chi connectivity index (χ1) is 14.1. The minimum atomic E-state index is -2.74. The summed E-state index contributed by atoms with van der Waals surface area (Å²) in [4.78, 5) is 47.3. The molecule has 14 heteroatoms. The van der Waals surface area contributed by atoms with Crippen LogP contribution in [-0.2, 0) is 32.5 Å². The van der Waals surface area contributed by atoms with E-state index in [4.69, 9.17) is 28.6 Å². The van der Waals surface area contributed by atoms with Crippen molar-refractivity contribution in [1.29, 1.82) is 0 Å². The van der Waals surface area contributed by atoms with Crippen LogP contribution in [0.2, 0.25) is 6.04 Å². The monoisotopic (exact) mass is 453 g/mol. The van der Waals surface area contributed by atoms with Crippen LogP contribution in [0.1, 0.15) is 6.42 Å². The number of aliphatic carboxylic acids is 3. The Morgan fingerprint density at radius 2 is 1.17 bits per heavy atom. The molecule has 0 aromatic rings. The smallest absolute Gasteiger partial charge is 0.480 e. The van der Waals surface area contributed by atoms with E-state index in [9.17, 15) is 19.2 Å². The highest BCUT2D eigenvalue weighted by Gasteiger charge is 2.36. The van der Waals surface area contributed by atoms with Gasteiger partial charge in [-0.15, -0.1) is 0 Å². The van der Waals surface area contributed by atoms with Gasteiger partial charge in [0.15, 0.2) is 0 Å². The number of carboxylic acid groups (broad SMARTS) is 3. The maximum absolute atomic E-state index is 12.1. The van der Waals surface area contributed by atoms with Crippen LogP contribution in [-0.4, -0.2) is 125 Å². The number of carbonyl (C=O) groups is 4.